The van der Waals surface area contributed by atoms with E-state index in [4.69, 9.17) is 9.26 Å². The summed E-state index contributed by atoms with van der Waals surface area (Å²) in [5.74, 6) is 0.531. The van der Waals surface area contributed by atoms with E-state index in [1.165, 1.54) is 17.5 Å². The van der Waals surface area contributed by atoms with Crippen LogP contribution in [0.4, 0.5) is 0 Å². The zero-order chi connectivity index (χ0) is 43.7. The van der Waals surface area contributed by atoms with Crippen LogP contribution in [-0.4, -0.2) is 70.4 Å². The van der Waals surface area contributed by atoms with Crippen LogP contribution in [0, 0.1) is 6.92 Å². The van der Waals surface area contributed by atoms with Crippen LogP contribution in [0.15, 0.2) is 102 Å². The number of hydrogen-bond acceptors (Lipinski definition) is 12. The first kappa shape index (κ1) is 41.2. The first-order chi connectivity index (χ1) is 30.4. The number of fused-ring (bicyclic) bond motifs is 1. The van der Waals surface area contributed by atoms with Crippen LogP contribution < -0.4 is 15.4 Å². The van der Waals surface area contributed by atoms with Gasteiger partial charge in [-0.25, -0.2) is 19.5 Å². The number of hydrogen-bond donors (Lipinski definition) is 2. The molecule has 0 bridgehead atoms. The van der Waals surface area contributed by atoms with Crippen molar-refractivity contribution in [2.24, 2.45) is 0 Å². The predicted molar refractivity (Wildman–Crippen MR) is 234 cm³/mol. The van der Waals surface area contributed by atoms with Crippen molar-refractivity contribution in [2.45, 2.75) is 83.7 Å². The number of carbonyl (C=O) groups is 3. The summed E-state index contributed by atoms with van der Waals surface area (Å²) in [5.41, 5.74) is 9.27. The third kappa shape index (κ3) is 9.24. The lowest BCUT2D eigenvalue weighted by Gasteiger charge is -2.32. The number of ether oxygens (including phenoxy) is 1. The van der Waals surface area contributed by atoms with E-state index in [0.29, 0.717) is 36.9 Å². The number of likely N-dealkylation sites (tertiary alicyclic amines) is 1. The molecule has 15 nitrogen and oxygen atoms in total. The van der Waals surface area contributed by atoms with Crippen LogP contribution in [0.1, 0.15) is 103 Å². The number of carbonyl (C=O) groups excluding carboxylic acids is 3. The lowest BCUT2D eigenvalue weighted by atomic mass is 9.86. The van der Waals surface area contributed by atoms with Crippen LogP contribution in [0.3, 0.4) is 0 Å². The SMILES string of the molecule is Cc1cc(-c2ncnn3cc(-c4cnc(Oc5ccc(CN6CCC(c7ccc(C8CCC(=O)NC8=O)cc7)CC6)cc5)nc4)cc23)ccc1CNC(=O)c1noc(C(C)(C)C)n1. The van der Waals surface area contributed by atoms with Gasteiger partial charge in [0.25, 0.3) is 11.7 Å². The summed E-state index contributed by atoms with van der Waals surface area (Å²) in [6.45, 7) is 11.0. The molecule has 1 unspecified atom stereocenters. The second-order valence-corrected chi connectivity index (χ2v) is 17.4. The Kier molecular flexibility index (Phi) is 11.3. The highest BCUT2D eigenvalue weighted by atomic mass is 16.5. The largest absolute Gasteiger partial charge is 0.424 e. The summed E-state index contributed by atoms with van der Waals surface area (Å²) in [6.07, 6.45) is 10.0. The van der Waals surface area contributed by atoms with Gasteiger partial charge in [0.05, 0.1) is 17.1 Å². The molecule has 0 spiro atoms. The summed E-state index contributed by atoms with van der Waals surface area (Å²) in [5, 5.41) is 13.6. The van der Waals surface area contributed by atoms with Gasteiger partial charge in [-0.3, -0.25) is 24.6 Å². The number of benzene rings is 3. The maximum Gasteiger partial charge on any atom is 0.321 e. The number of aromatic nitrogens is 7. The van der Waals surface area contributed by atoms with Crippen LogP contribution in [0.25, 0.3) is 27.9 Å². The second kappa shape index (κ2) is 17.3. The van der Waals surface area contributed by atoms with Crippen molar-refractivity contribution >= 4 is 23.2 Å². The van der Waals surface area contributed by atoms with Gasteiger partial charge >= 0.3 is 6.01 Å². The molecule has 3 aromatic carbocycles. The van der Waals surface area contributed by atoms with E-state index in [2.05, 4.69) is 82.1 Å². The maximum absolute atomic E-state index is 12.7. The quantitative estimate of drug-likeness (QED) is 0.123. The van der Waals surface area contributed by atoms with E-state index in [1.807, 2.05) is 70.3 Å². The first-order valence-electron chi connectivity index (χ1n) is 21.2. The monoisotopic (exact) mass is 844 g/mol. The highest BCUT2D eigenvalue weighted by Crippen LogP contribution is 2.33. The fourth-order valence-electron chi connectivity index (χ4n) is 8.21. The first-order valence-corrected chi connectivity index (χ1v) is 21.2. The number of imide groups is 1. The minimum absolute atomic E-state index is 0.00994. The fourth-order valence-corrected chi connectivity index (χ4v) is 8.21. The van der Waals surface area contributed by atoms with Crippen molar-refractivity contribution in [3.8, 4) is 34.1 Å². The molecule has 2 aliphatic rings. The standard InChI is InChI=1S/C48H48N10O5/c1-29-21-34(11-12-35(29)23-49-45(61)43-55-46(63-56-43)48(2,3)4)42-40-22-36(27-58(40)53-28-52-42)37-24-50-47(51-25-37)62-38-13-5-30(6-14-38)26-57-19-17-32(18-20-57)31-7-9-33(10-8-31)39-15-16-41(59)54-44(39)60/h5-14,21-22,24-25,27-28,32,39H,15-20,23,26H2,1-4H3,(H,49,61)(H,54,59,60). The van der Waals surface area contributed by atoms with Crippen molar-refractivity contribution in [1.82, 2.24) is 50.2 Å². The lowest BCUT2D eigenvalue weighted by molar-refractivity contribution is -0.134. The molecule has 2 N–H and O–H groups in total. The highest BCUT2D eigenvalue weighted by molar-refractivity contribution is 6.01. The number of piperidine rings is 2. The van der Waals surface area contributed by atoms with Gasteiger partial charge < -0.3 is 14.6 Å². The minimum Gasteiger partial charge on any atom is -0.424 e. The lowest BCUT2D eigenvalue weighted by Crippen LogP contribution is -2.39. The van der Waals surface area contributed by atoms with Crippen molar-refractivity contribution in [3.05, 3.63) is 137 Å². The van der Waals surface area contributed by atoms with Crippen LogP contribution >= 0.6 is 0 Å². The molecular formula is C48H48N10O5. The molecule has 2 fully saturated rings. The molecule has 2 saturated heterocycles. The molecule has 2 aliphatic heterocycles. The second-order valence-electron chi connectivity index (χ2n) is 17.4. The van der Waals surface area contributed by atoms with Crippen molar-refractivity contribution in [2.75, 3.05) is 13.1 Å². The van der Waals surface area contributed by atoms with Gasteiger partial charge in [-0.15, -0.1) is 0 Å². The molecule has 3 amide bonds. The topological polar surface area (TPSA) is 183 Å². The Morgan fingerprint density at radius 2 is 1.63 bits per heavy atom. The van der Waals surface area contributed by atoms with E-state index in [9.17, 15) is 14.4 Å². The van der Waals surface area contributed by atoms with Crippen molar-refractivity contribution < 1.29 is 23.6 Å². The number of nitrogens with one attached hydrogen (secondary N) is 2. The van der Waals surface area contributed by atoms with Crippen molar-refractivity contribution in [3.63, 3.8) is 0 Å². The summed E-state index contributed by atoms with van der Waals surface area (Å²) in [4.78, 5) is 56.9. The van der Waals surface area contributed by atoms with E-state index in [-0.39, 0.29) is 35.0 Å². The van der Waals surface area contributed by atoms with E-state index in [1.54, 1.807) is 16.9 Å². The molecular weight excluding hydrogens is 797 g/mol. The average molecular weight is 845 g/mol. The van der Waals surface area contributed by atoms with Gasteiger partial charge in [0, 0.05) is 60.2 Å². The van der Waals surface area contributed by atoms with Crippen LogP contribution in [0.5, 0.6) is 11.8 Å². The Balaban J connectivity index is 0.774. The number of nitrogens with zero attached hydrogens (tertiary/aromatic N) is 8. The molecule has 9 rings (SSSR count). The average Bonchev–Trinajstić information content (AvgIpc) is 3.97. The number of amides is 3. The summed E-state index contributed by atoms with van der Waals surface area (Å²) >= 11 is 0. The summed E-state index contributed by atoms with van der Waals surface area (Å²) < 4.78 is 13.1. The van der Waals surface area contributed by atoms with Gasteiger partial charge in [-0.2, -0.15) is 10.1 Å². The zero-order valence-corrected chi connectivity index (χ0v) is 35.7. The molecule has 0 radical (unpaired) electrons. The van der Waals surface area contributed by atoms with Gasteiger partial charge in [0.2, 0.25) is 17.7 Å². The highest BCUT2D eigenvalue weighted by Gasteiger charge is 2.29. The Morgan fingerprint density at radius 1 is 0.889 bits per heavy atom. The van der Waals surface area contributed by atoms with Gasteiger partial charge in [-0.05, 0) is 97.3 Å². The Bertz CT molecular complexity index is 2780. The van der Waals surface area contributed by atoms with E-state index < -0.39 is 5.91 Å². The Labute approximate surface area is 364 Å². The molecule has 1 atom stereocenters. The summed E-state index contributed by atoms with van der Waals surface area (Å²) in [6, 6.07) is 24.8. The molecule has 7 aromatic rings. The summed E-state index contributed by atoms with van der Waals surface area (Å²) in [7, 11) is 0. The molecule has 15 heteroatoms. The Morgan fingerprint density at radius 3 is 2.33 bits per heavy atom. The molecule has 0 aliphatic carbocycles. The molecule has 4 aromatic heterocycles. The molecule has 6 heterocycles. The molecule has 320 valence electrons. The fraction of sp³-hybridized carbons (Fsp3) is 0.312. The predicted octanol–water partition coefficient (Wildman–Crippen LogP) is 7.46. The number of aryl methyl sites for hydroxylation is 1. The normalized spacial score (nSPS) is 16.3. The molecule has 63 heavy (non-hydrogen) atoms. The van der Waals surface area contributed by atoms with E-state index in [0.717, 1.165) is 77.1 Å². The maximum atomic E-state index is 12.7. The van der Waals surface area contributed by atoms with E-state index >= 15 is 0 Å². The van der Waals surface area contributed by atoms with Gasteiger partial charge in [0.15, 0.2) is 0 Å². The van der Waals surface area contributed by atoms with Crippen molar-refractivity contribution in [1.29, 1.82) is 0 Å². The minimum atomic E-state index is -0.399. The van der Waals surface area contributed by atoms with Gasteiger partial charge in [0.1, 0.15) is 12.1 Å². The van der Waals surface area contributed by atoms with Gasteiger partial charge in [-0.1, -0.05) is 74.5 Å². The zero-order valence-electron chi connectivity index (χ0n) is 35.7. The molecule has 0 saturated carbocycles. The third-order valence-corrected chi connectivity index (χ3v) is 11.9. The van der Waals surface area contributed by atoms with Crippen LogP contribution in [-0.2, 0) is 28.1 Å². The third-order valence-electron chi connectivity index (χ3n) is 11.9. The smallest absolute Gasteiger partial charge is 0.321 e. The van der Waals surface area contributed by atoms with Crippen LogP contribution in [0.2, 0.25) is 0 Å². The Hall–Kier alpha value is -7.13. The number of rotatable bonds is 11.